The number of aryl methyl sites for hydroxylation is 1. The summed E-state index contributed by atoms with van der Waals surface area (Å²) in [7, 11) is 1.78. The molecule has 2 heterocycles. The van der Waals surface area contributed by atoms with Crippen molar-refractivity contribution in [2.45, 2.75) is 26.5 Å². The van der Waals surface area contributed by atoms with Crippen LogP contribution >= 0.6 is 0 Å². The molecule has 7 heteroatoms. The molecule has 1 amide bonds. The number of carbonyl (C=O) groups is 1. The van der Waals surface area contributed by atoms with Crippen LogP contribution in [0.2, 0.25) is 0 Å². The Bertz CT molecular complexity index is 1150. The zero-order chi connectivity index (χ0) is 22.7. The Morgan fingerprint density at radius 3 is 2.53 bits per heavy atom. The van der Waals surface area contributed by atoms with E-state index in [1.807, 2.05) is 60.4 Å². The molecular weight excluding hydrogens is 404 g/mol. The van der Waals surface area contributed by atoms with E-state index < -0.39 is 0 Å². The molecule has 0 spiro atoms. The third-order valence-corrected chi connectivity index (χ3v) is 6.19. The number of fused-ring (bicyclic) bond motifs is 1. The number of ether oxygens (including phenoxy) is 1. The summed E-state index contributed by atoms with van der Waals surface area (Å²) in [5.74, 6) is 0.763. The number of hydrogen-bond acceptors (Lipinski definition) is 5. The highest BCUT2D eigenvalue weighted by atomic mass is 16.5. The summed E-state index contributed by atoms with van der Waals surface area (Å²) in [6.07, 6.45) is 0. The summed E-state index contributed by atoms with van der Waals surface area (Å²) in [6.45, 7) is 7.33. The molecule has 4 rings (SSSR count). The minimum absolute atomic E-state index is 0.0138. The lowest BCUT2D eigenvalue weighted by Gasteiger charge is -2.38. The Hall–Kier alpha value is -3.03. The van der Waals surface area contributed by atoms with Gasteiger partial charge in [-0.05, 0) is 37.1 Å². The summed E-state index contributed by atoms with van der Waals surface area (Å²) >= 11 is 0. The van der Waals surface area contributed by atoms with Crippen molar-refractivity contribution >= 4 is 16.8 Å². The molecule has 168 valence electrons. The first-order valence-corrected chi connectivity index (χ1v) is 11.0. The first kappa shape index (κ1) is 22.2. The number of aromatic nitrogens is 2. The van der Waals surface area contributed by atoms with E-state index >= 15 is 0 Å². The molecule has 1 aliphatic heterocycles. The standard InChI is InChI=1S/C25H30N4O3/c1-18-9-10-21-22(15-18)26-24(27(3)25(21)31)19(2)28-11-13-29(14-12-28)23(30)17-32-16-20-7-5-4-6-8-20/h4-10,15,19H,11-14,16-17H2,1-3H3. The van der Waals surface area contributed by atoms with Crippen LogP contribution in [0.4, 0.5) is 0 Å². The van der Waals surface area contributed by atoms with Crippen LogP contribution in [-0.2, 0) is 23.2 Å². The molecule has 1 fully saturated rings. The van der Waals surface area contributed by atoms with Gasteiger partial charge in [0.2, 0.25) is 5.91 Å². The van der Waals surface area contributed by atoms with Crippen LogP contribution in [0.3, 0.4) is 0 Å². The first-order valence-electron chi connectivity index (χ1n) is 11.0. The Kier molecular flexibility index (Phi) is 6.67. The fraction of sp³-hybridized carbons (Fsp3) is 0.400. The highest BCUT2D eigenvalue weighted by molar-refractivity contribution is 5.78. The number of amides is 1. The summed E-state index contributed by atoms with van der Waals surface area (Å²) in [5, 5.41) is 0.639. The summed E-state index contributed by atoms with van der Waals surface area (Å²) in [5.41, 5.74) is 2.85. The second-order valence-electron chi connectivity index (χ2n) is 8.43. The zero-order valence-electron chi connectivity index (χ0n) is 19.0. The van der Waals surface area contributed by atoms with Gasteiger partial charge < -0.3 is 9.64 Å². The lowest BCUT2D eigenvalue weighted by atomic mass is 10.1. The van der Waals surface area contributed by atoms with Crippen molar-refractivity contribution < 1.29 is 9.53 Å². The average Bonchev–Trinajstić information content (AvgIpc) is 2.81. The highest BCUT2D eigenvalue weighted by Gasteiger charge is 2.27. The molecule has 1 aliphatic rings. The van der Waals surface area contributed by atoms with E-state index in [0.717, 1.165) is 35.6 Å². The molecule has 1 saturated heterocycles. The number of rotatable bonds is 6. The van der Waals surface area contributed by atoms with Crippen molar-refractivity contribution in [2.75, 3.05) is 32.8 Å². The Balaban J connectivity index is 1.36. The van der Waals surface area contributed by atoms with Crippen LogP contribution in [0.5, 0.6) is 0 Å². The smallest absolute Gasteiger partial charge is 0.261 e. The van der Waals surface area contributed by atoms with E-state index in [9.17, 15) is 9.59 Å². The predicted molar refractivity (Wildman–Crippen MR) is 124 cm³/mol. The Morgan fingerprint density at radius 1 is 1.09 bits per heavy atom. The van der Waals surface area contributed by atoms with Gasteiger partial charge in [0.05, 0.1) is 23.6 Å². The van der Waals surface area contributed by atoms with Crippen LogP contribution < -0.4 is 5.56 Å². The molecule has 2 aromatic carbocycles. The minimum atomic E-state index is -0.0266. The van der Waals surface area contributed by atoms with Crippen molar-refractivity contribution in [3.05, 3.63) is 75.8 Å². The molecule has 0 bridgehead atoms. The zero-order valence-corrected chi connectivity index (χ0v) is 19.0. The molecule has 1 unspecified atom stereocenters. The van der Waals surface area contributed by atoms with Gasteiger partial charge in [0.1, 0.15) is 12.4 Å². The largest absolute Gasteiger partial charge is 0.367 e. The quantitative estimate of drug-likeness (QED) is 0.597. The molecule has 0 N–H and O–H groups in total. The number of nitrogens with zero attached hydrogens (tertiary/aromatic N) is 4. The molecule has 0 radical (unpaired) electrons. The van der Waals surface area contributed by atoms with Gasteiger partial charge in [-0.25, -0.2) is 4.98 Å². The number of piperazine rings is 1. The van der Waals surface area contributed by atoms with Gasteiger partial charge in [0.15, 0.2) is 0 Å². The van der Waals surface area contributed by atoms with E-state index in [1.54, 1.807) is 11.6 Å². The van der Waals surface area contributed by atoms with Gasteiger partial charge in [0, 0.05) is 33.2 Å². The summed E-state index contributed by atoms with van der Waals surface area (Å²) < 4.78 is 7.25. The van der Waals surface area contributed by atoms with Crippen LogP contribution in [0.1, 0.15) is 29.9 Å². The van der Waals surface area contributed by atoms with Crippen LogP contribution in [-0.4, -0.2) is 58.0 Å². The molecule has 3 aromatic rings. The maximum Gasteiger partial charge on any atom is 0.261 e. The molecule has 32 heavy (non-hydrogen) atoms. The highest BCUT2D eigenvalue weighted by Crippen LogP contribution is 2.21. The normalized spacial score (nSPS) is 15.8. The lowest BCUT2D eigenvalue weighted by molar-refractivity contribution is -0.138. The van der Waals surface area contributed by atoms with Gasteiger partial charge in [-0.2, -0.15) is 0 Å². The van der Waals surface area contributed by atoms with E-state index in [2.05, 4.69) is 11.8 Å². The molecule has 0 saturated carbocycles. The average molecular weight is 435 g/mol. The third kappa shape index (κ3) is 4.74. The summed E-state index contributed by atoms with van der Waals surface area (Å²) in [6, 6.07) is 15.6. The molecular formula is C25H30N4O3. The fourth-order valence-corrected chi connectivity index (χ4v) is 4.22. The second kappa shape index (κ2) is 9.63. The maximum atomic E-state index is 12.8. The van der Waals surface area contributed by atoms with Crippen LogP contribution in [0.25, 0.3) is 10.9 Å². The molecule has 7 nitrogen and oxygen atoms in total. The minimum Gasteiger partial charge on any atom is -0.367 e. The van der Waals surface area contributed by atoms with E-state index in [1.165, 1.54) is 0 Å². The lowest BCUT2D eigenvalue weighted by Crippen LogP contribution is -2.50. The van der Waals surface area contributed by atoms with Gasteiger partial charge >= 0.3 is 0 Å². The number of carbonyl (C=O) groups excluding carboxylic acids is 1. The molecule has 0 aliphatic carbocycles. The summed E-state index contributed by atoms with van der Waals surface area (Å²) in [4.78, 5) is 34.3. The van der Waals surface area contributed by atoms with Crippen molar-refractivity contribution in [2.24, 2.45) is 7.05 Å². The number of hydrogen-bond donors (Lipinski definition) is 0. The van der Waals surface area contributed by atoms with E-state index in [-0.39, 0.29) is 24.1 Å². The molecule has 1 aromatic heterocycles. The maximum absolute atomic E-state index is 12.8. The van der Waals surface area contributed by atoms with Crippen molar-refractivity contribution in [3.8, 4) is 0 Å². The van der Waals surface area contributed by atoms with Crippen molar-refractivity contribution in [1.29, 1.82) is 0 Å². The second-order valence-corrected chi connectivity index (χ2v) is 8.43. The fourth-order valence-electron chi connectivity index (χ4n) is 4.22. The SMILES string of the molecule is Cc1ccc2c(=O)n(C)c(C(C)N3CCN(C(=O)COCc4ccccc4)CC3)nc2c1. The predicted octanol–water partition coefficient (Wildman–Crippen LogP) is 2.66. The van der Waals surface area contributed by atoms with E-state index in [0.29, 0.717) is 25.1 Å². The van der Waals surface area contributed by atoms with Gasteiger partial charge in [-0.1, -0.05) is 36.4 Å². The third-order valence-electron chi connectivity index (χ3n) is 6.19. The Labute approximate surface area is 188 Å². The van der Waals surface area contributed by atoms with Gasteiger partial charge in [-0.15, -0.1) is 0 Å². The van der Waals surface area contributed by atoms with Gasteiger partial charge in [-0.3, -0.25) is 19.1 Å². The number of benzene rings is 2. The monoisotopic (exact) mass is 434 g/mol. The van der Waals surface area contributed by atoms with E-state index in [4.69, 9.17) is 9.72 Å². The van der Waals surface area contributed by atoms with Gasteiger partial charge in [0.25, 0.3) is 5.56 Å². The van der Waals surface area contributed by atoms with Crippen LogP contribution in [0.15, 0.2) is 53.3 Å². The molecule has 1 atom stereocenters. The van der Waals surface area contributed by atoms with Crippen molar-refractivity contribution in [3.63, 3.8) is 0 Å². The Morgan fingerprint density at radius 2 is 1.81 bits per heavy atom. The van der Waals surface area contributed by atoms with Crippen molar-refractivity contribution in [1.82, 2.24) is 19.4 Å². The van der Waals surface area contributed by atoms with Crippen LogP contribution in [0, 0.1) is 6.92 Å². The first-order chi connectivity index (χ1) is 15.4. The topological polar surface area (TPSA) is 67.7 Å².